The third-order valence-corrected chi connectivity index (χ3v) is 3.33. The van der Waals surface area contributed by atoms with Gasteiger partial charge in [0.25, 0.3) is 0 Å². The molecule has 2 unspecified atom stereocenters. The highest BCUT2D eigenvalue weighted by atomic mass is 35.5. The van der Waals surface area contributed by atoms with Crippen LogP contribution in [0.5, 0.6) is 0 Å². The lowest BCUT2D eigenvalue weighted by Gasteiger charge is -2.16. The molecule has 0 aromatic heterocycles. The Kier molecular flexibility index (Phi) is 7.24. The van der Waals surface area contributed by atoms with E-state index in [0.717, 1.165) is 5.56 Å². The van der Waals surface area contributed by atoms with Gasteiger partial charge in [-0.05, 0) is 30.0 Å². The van der Waals surface area contributed by atoms with E-state index in [4.69, 9.17) is 16.7 Å². The van der Waals surface area contributed by atoms with Gasteiger partial charge in [0.05, 0.1) is 0 Å². The number of carboxylic acids is 1. The standard InChI is InChI=1S/C15H18ClF2NO3/c1-9(6-10-2-4-11(16)5-3-10)7-14(20)19-12(15(21)22)8-13(17)18/h2-5,9,12-13H,6-8H2,1H3,(H,19,20)(H,21,22). The van der Waals surface area contributed by atoms with E-state index in [2.05, 4.69) is 5.32 Å². The molecule has 122 valence electrons. The Morgan fingerprint density at radius 1 is 1.27 bits per heavy atom. The van der Waals surface area contributed by atoms with Gasteiger partial charge in [0.15, 0.2) is 0 Å². The summed E-state index contributed by atoms with van der Waals surface area (Å²) in [6.45, 7) is 1.83. The van der Waals surface area contributed by atoms with Gasteiger partial charge < -0.3 is 10.4 Å². The fourth-order valence-corrected chi connectivity index (χ4v) is 2.19. The summed E-state index contributed by atoms with van der Waals surface area (Å²) in [5.41, 5.74) is 0.993. The maximum Gasteiger partial charge on any atom is 0.326 e. The van der Waals surface area contributed by atoms with Crippen LogP contribution in [0.2, 0.25) is 5.02 Å². The number of hydrogen-bond donors (Lipinski definition) is 2. The van der Waals surface area contributed by atoms with Gasteiger partial charge in [0.1, 0.15) is 6.04 Å². The summed E-state index contributed by atoms with van der Waals surface area (Å²) in [5.74, 6) is -2.06. The molecule has 0 saturated heterocycles. The monoisotopic (exact) mass is 333 g/mol. The number of rotatable bonds is 8. The minimum Gasteiger partial charge on any atom is -0.480 e. The zero-order valence-corrected chi connectivity index (χ0v) is 12.8. The van der Waals surface area contributed by atoms with Crippen LogP contribution >= 0.6 is 11.6 Å². The van der Waals surface area contributed by atoms with Gasteiger partial charge in [0, 0.05) is 17.9 Å². The summed E-state index contributed by atoms with van der Waals surface area (Å²) < 4.78 is 24.5. The molecule has 1 aromatic carbocycles. The second-order valence-electron chi connectivity index (χ2n) is 5.23. The van der Waals surface area contributed by atoms with Crippen LogP contribution in [0.25, 0.3) is 0 Å². The van der Waals surface area contributed by atoms with Gasteiger partial charge in [-0.3, -0.25) is 4.79 Å². The number of carbonyl (C=O) groups excluding carboxylic acids is 1. The van der Waals surface area contributed by atoms with Gasteiger partial charge in [-0.25, -0.2) is 13.6 Å². The minimum atomic E-state index is -2.78. The number of halogens is 3. The average molecular weight is 334 g/mol. The fourth-order valence-electron chi connectivity index (χ4n) is 2.06. The molecule has 1 aromatic rings. The highest BCUT2D eigenvalue weighted by molar-refractivity contribution is 6.30. The van der Waals surface area contributed by atoms with Gasteiger partial charge in [-0.15, -0.1) is 0 Å². The number of carboxylic acid groups (broad SMARTS) is 1. The van der Waals surface area contributed by atoms with Crippen LogP contribution in [0.1, 0.15) is 25.3 Å². The molecule has 4 nitrogen and oxygen atoms in total. The summed E-state index contributed by atoms with van der Waals surface area (Å²) in [5, 5.41) is 11.6. The molecule has 0 heterocycles. The summed E-state index contributed by atoms with van der Waals surface area (Å²) >= 11 is 5.78. The van der Waals surface area contributed by atoms with E-state index >= 15 is 0 Å². The average Bonchev–Trinajstić information content (AvgIpc) is 2.39. The predicted molar refractivity (Wildman–Crippen MR) is 79.1 cm³/mol. The van der Waals surface area contributed by atoms with Gasteiger partial charge in [-0.2, -0.15) is 0 Å². The fraction of sp³-hybridized carbons (Fsp3) is 0.467. The first-order valence-corrected chi connectivity index (χ1v) is 7.20. The maximum absolute atomic E-state index is 12.3. The van der Waals surface area contributed by atoms with E-state index < -0.39 is 30.8 Å². The molecule has 0 spiro atoms. The van der Waals surface area contributed by atoms with E-state index in [9.17, 15) is 18.4 Å². The Bertz CT molecular complexity index is 508. The lowest BCUT2D eigenvalue weighted by atomic mass is 9.97. The van der Waals surface area contributed by atoms with Gasteiger partial charge in [-0.1, -0.05) is 30.7 Å². The normalized spacial score (nSPS) is 13.7. The topological polar surface area (TPSA) is 66.4 Å². The van der Waals surface area contributed by atoms with Crippen LogP contribution in [0.3, 0.4) is 0 Å². The van der Waals surface area contributed by atoms with Crippen molar-refractivity contribution in [2.24, 2.45) is 5.92 Å². The molecular formula is C15H18ClF2NO3. The number of nitrogens with one attached hydrogen (secondary N) is 1. The lowest BCUT2D eigenvalue weighted by molar-refractivity contribution is -0.143. The Hall–Kier alpha value is -1.69. The number of hydrogen-bond acceptors (Lipinski definition) is 2. The van der Waals surface area contributed by atoms with Crippen molar-refractivity contribution in [3.8, 4) is 0 Å². The Morgan fingerprint density at radius 3 is 2.36 bits per heavy atom. The summed E-state index contributed by atoms with van der Waals surface area (Å²) in [6.07, 6.45) is -3.01. The van der Waals surface area contributed by atoms with Crippen LogP contribution in [0.4, 0.5) is 8.78 Å². The molecule has 0 bridgehead atoms. The first-order chi connectivity index (χ1) is 10.3. The largest absolute Gasteiger partial charge is 0.480 e. The van der Waals surface area contributed by atoms with E-state index in [-0.39, 0.29) is 12.3 Å². The van der Waals surface area contributed by atoms with E-state index in [1.807, 2.05) is 19.1 Å². The molecule has 0 radical (unpaired) electrons. The third kappa shape index (κ3) is 6.85. The number of alkyl halides is 2. The highest BCUT2D eigenvalue weighted by Crippen LogP contribution is 2.15. The van der Waals surface area contributed by atoms with Crippen molar-refractivity contribution in [1.29, 1.82) is 0 Å². The number of amides is 1. The maximum atomic E-state index is 12.3. The number of carbonyl (C=O) groups is 2. The van der Waals surface area contributed by atoms with Crippen molar-refractivity contribution in [1.82, 2.24) is 5.32 Å². The van der Waals surface area contributed by atoms with Crippen LogP contribution in [-0.4, -0.2) is 29.5 Å². The van der Waals surface area contributed by atoms with E-state index in [1.54, 1.807) is 12.1 Å². The van der Waals surface area contributed by atoms with E-state index in [0.29, 0.717) is 11.4 Å². The summed E-state index contributed by atoms with van der Waals surface area (Å²) in [4.78, 5) is 22.6. The molecule has 0 aliphatic carbocycles. The Labute approximate surface area is 132 Å². The highest BCUT2D eigenvalue weighted by Gasteiger charge is 2.24. The first-order valence-electron chi connectivity index (χ1n) is 6.82. The molecular weight excluding hydrogens is 316 g/mol. The third-order valence-electron chi connectivity index (χ3n) is 3.08. The molecule has 0 aliphatic heterocycles. The molecule has 1 amide bonds. The molecule has 2 N–H and O–H groups in total. The molecule has 0 fully saturated rings. The molecule has 7 heteroatoms. The SMILES string of the molecule is CC(CC(=O)NC(CC(F)F)C(=O)O)Cc1ccc(Cl)cc1. The van der Waals surface area contributed by atoms with Crippen molar-refractivity contribution in [3.63, 3.8) is 0 Å². The quantitative estimate of drug-likeness (QED) is 0.768. The molecule has 0 saturated carbocycles. The molecule has 2 atom stereocenters. The van der Waals surface area contributed by atoms with Crippen LogP contribution in [-0.2, 0) is 16.0 Å². The second-order valence-corrected chi connectivity index (χ2v) is 5.66. The lowest BCUT2D eigenvalue weighted by Crippen LogP contribution is -2.42. The first kappa shape index (κ1) is 18.4. The van der Waals surface area contributed by atoms with Crippen molar-refractivity contribution in [2.45, 2.75) is 38.7 Å². The molecule has 22 heavy (non-hydrogen) atoms. The summed E-state index contributed by atoms with van der Waals surface area (Å²) in [7, 11) is 0. The van der Waals surface area contributed by atoms with Gasteiger partial charge in [0.2, 0.25) is 12.3 Å². The van der Waals surface area contributed by atoms with E-state index in [1.165, 1.54) is 0 Å². The second kappa shape index (κ2) is 8.68. The van der Waals surface area contributed by atoms with Crippen molar-refractivity contribution >= 4 is 23.5 Å². The zero-order chi connectivity index (χ0) is 16.7. The van der Waals surface area contributed by atoms with Crippen molar-refractivity contribution in [2.75, 3.05) is 0 Å². The predicted octanol–water partition coefficient (Wildman–Crippen LogP) is 3.13. The van der Waals surface area contributed by atoms with Gasteiger partial charge >= 0.3 is 5.97 Å². The van der Waals surface area contributed by atoms with Crippen molar-refractivity contribution in [3.05, 3.63) is 34.9 Å². The minimum absolute atomic E-state index is 0.0535. The van der Waals surface area contributed by atoms with Crippen molar-refractivity contribution < 1.29 is 23.5 Å². The summed E-state index contributed by atoms with van der Waals surface area (Å²) in [6, 6.07) is 5.61. The Balaban J connectivity index is 2.48. The van der Waals surface area contributed by atoms with Crippen LogP contribution in [0.15, 0.2) is 24.3 Å². The number of benzene rings is 1. The smallest absolute Gasteiger partial charge is 0.326 e. The zero-order valence-electron chi connectivity index (χ0n) is 12.1. The molecule has 0 aliphatic rings. The van der Waals surface area contributed by atoms with Crippen LogP contribution in [0, 0.1) is 5.92 Å². The van der Waals surface area contributed by atoms with Crippen LogP contribution < -0.4 is 5.32 Å². The number of aliphatic carboxylic acids is 1. The Morgan fingerprint density at radius 2 is 1.86 bits per heavy atom. The molecule has 1 rings (SSSR count).